The summed E-state index contributed by atoms with van der Waals surface area (Å²) in [7, 11) is 0. The highest BCUT2D eigenvalue weighted by Crippen LogP contribution is 2.60. The molecule has 19 heavy (non-hydrogen) atoms. The first-order valence-corrected chi connectivity index (χ1v) is 7.74. The normalized spacial score (nSPS) is 41.6. The van der Waals surface area contributed by atoms with E-state index in [1.165, 1.54) is 19.3 Å². The van der Waals surface area contributed by atoms with Crippen LogP contribution in [0.25, 0.3) is 0 Å². The predicted octanol–water partition coefficient (Wildman–Crippen LogP) is 4.26. The molecule has 0 amide bonds. The Hall–Kier alpha value is -0.790. The second-order valence-electron chi connectivity index (χ2n) is 8.34. The van der Waals surface area contributed by atoms with Crippen LogP contribution in [0.4, 0.5) is 0 Å². The molecule has 0 saturated heterocycles. The summed E-state index contributed by atoms with van der Waals surface area (Å²) in [4.78, 5) is 12.7. The van der Waals surface area contributed by atoms with Crippen LogP contribution >= 0.6 is 0 Å². The molecule has 4 aliphatic rings. The van der Waals surface area contributed by atoms with Crippen LogP contribution < -0.4 is 0 Å². The Balaban J connectivity index is 1.84. The van der Waals surface area contributed by atoms with E-state index in [2.05, 4.69) is 0 Å². The molecule has 4 bridgehead atoms. The summed E-state index contributed by atoms with van der Waals surface area (Å²) in [5.41, 5.74) is -0.439. The van der Waals surface area contributed by atoms with Gasteiger partial charge in [0.1, 0.15) is 5.76 Å². The van der Waals surface area contributed by atoms with E-state index in [4.69, 9.17) is 0 Å². The Morgan fingerprint density at radius 3 is 1.84 bits per heavy atom. The second kappa shape index (κ2) is 4.10. The molecule has 0 aromatic rings. The number of hydrogen-bond donors (Lipinski definition) is 1. The standard InChI is InChI=1S/C17H26O2/c1-16(2,3)14(18)7-15(19)17-8-11-4-12(9-17)6-13(5-11)10-17/h7,11-13,18H,4-6,8-10H2,1-3H3/b14-7-. The van der Waals surface area contributed by atoms with Crippen molar-refractivity contribution < 1.29 is 9.90 Å². The maximum Gasteiger partial charge on any atom is 0.165 e. The first-order chi connectivity index (χ1) is 8.78. The molecule has 0 atom stereocenters. The van der Waals surface area contributed by atoms with Crippen LogP contribution in [0.15, 0.2) is 11.8 Å². The minimum atomic E-state index is -0.321. The Labute approximate surface area is 116 Å². The second-order valence-corrected chi connectivity index (χ2v) is 8.34. The Bertz CT molecular complexity index is 390. The molecule has 0 aromatic carbocycles. The number of rotatable bonds is 2. The summed E-state index contributed by atoms with van der Waals surface area (Å²) in [6.45, 7) is 5.85. The summed E-state index contributed by atoms with van der Waals surface area (Å²) in [5.74, 6) is 2.79. The molecule has 0 radical (unpaired) electrons. The molecule has 1 N–H and O–H groups in total. The van der Waals surface area contributed by atoms with Crippen molar-refractivity contribution in [2.45, 2.75) is 59.3 Å². The summed E-state index contributed by atoms with van der Waals surface area (Å²) in [6, 6.07) is 0. The van der Waals surface area contributed by atoms with Gasteiger partial charge in [0.15, 0.2) is 5.78 Å². The number of ketones is 1. The lowest BCUT2D eigenvalue weighted by molar-refractivity contribution is -0.138. The third kappa shape index (κ3) is 2.23. The Morgan fingerprint density at radius 2 is 1.47 bits per heavy atom. The van der Waals surface area contributed by atoms with Crippen molar-refractivity contribution in [3.8, 4) is 0 Å². The number of hydrogen-bond acceptors (Lipinski definition) is 2. The summed E-state index contributed by atoms with van der Waals surface area (Å²) in [6.07, 6.45) is 8.82. The van der Waals surface area contributed by atoms with Crippen molar-refractivity contribution >= 4 is 5.78 Å². The molecule has 4 aliphatic carbocycles. The molecular weight excluding hydrogens is 236 g/mol. The molecule has 106 valence electrons. The van der Waals surface area contributed by atoms with Crippen molar-refractivity contribution in [2.24, 2.45) is 28.6 Å². The van der Waals surface area contributed by atoms with Crippen molar-refractivity contribution in [1.29, 1.82) is 0 Å². The smallest absolute Gasteiger partial charge is 0.165 e. The monoisotopic (exact) mass is 262 g/mol. The summed E-state index contributed by atoms with van der Waals surface area (Å²) >= 11 is 0. The van der Waals surface area contributed by atoms with Crippen LogP contribution in [-0.4, -0.2) is 10.9 Å². The van der Waals surface area contributed by atoms with Gasteiger partial charge in [-0.25, -0.2) is 0 Å². The number of aliphatic hydroxyl groups excluding tert-OH is 1. The van der Waals surface area contributed by atoms with Crippen LogP contribution in [-0.2, 0) is 4.79 Å². The maximum absolute atomic E-state index is 12.7. The van der Waals surface area contributed by atoms with E-state index >= 15 is 0 Å². The Morgan fingerprint density at radius 1 is 1.05 bits per heavy atom. The van der Waals surface area contributed by atoms with Gasteiger partial charge in [0.25, 0.3) is 0 Å². The molecule has 0 aromatic heterocycles. The van der Waals surface area contributed by atoms with Gasteiger partial charge in [0.2, 0.25) is 0 Å². The third-order valence-electron chi connectivity index (χ3n) is 5.60. The molecule has 4 rings (SSSR count). The zero-order valence-electron chi connectivity index (χ0n) is 12.4. The third-order valence-corrected chi connectivity index (χ3v) is 5.60. The van der Waals surface area contributed by atoms with Crippen LogP contribution in [0.1, 0.15) is 59.3 Å². The zero-order valence-corrected chi connectivity index (χ0v) is 12.4. The van der Waals surface area contributed by atoms with E-state index in [9.17, 15) is 9.90 Å². The average molecular weight is 262 g/mol. The van der Waals surface area contributed by atoms with E-state index < -0.39 is 0 Å². The van der Waals surface area contributed by atoms with Crippen LogP contribution in [0.5, 0.6) is 0 Å². The van der Waals surface area contributed by atoms with Gasteiger partial charge in [-0.3, -0.25) is 4.79 Å². The SMILES string of the molecule is CC(C)(C)/C(O)=C/C(=O)C12CC3CC(CC(C3)C1)C2. The predicted molar refractivity (Wildman–Crippen MR) is 75.8 cm³/mol. The van der Waals surface area contributed by atoms with Gasteiger partial charge in [0.05, 0.1) is 0 Å². The van der Waals surface area contributed by atoms with Gasteiger partial charge < -0.3 is 5.11 Å². The fourth-order valence-electron chi connectivity index (χ4n) is 4.91. The number of aliphatic hydroxyl groups is 1. The topological polar surface area (TPSA) is 37.3 Å². The Kier molecular flexibility index (Phi) is 2.85. The number of allylic oxidation sites excluding steroid dienone is 2. The van der Waals surface area contributed by atoms with Crippen molar-refractivity contribution in [2.75, 3.05) is 0 Å². The highest BCUT2D eigenvalue weighted by molar-refractivity contribution is 5.95. The molecule has 0 aliphatic heterocycles. The first-order valence-electron chi connectivity index (χ1n) is 7.74. The lowest BCUT2D eigenvalue weighted by atomic mass is 9.48. The lowest BCUT2D eigenvalue weighted by Crippen LogP contribution is -2.49. The first kappa shape index (κ1) is 13.2. The van der Waals surface area contributed by atoms with Gasteiger partial charge in [-0.15, -0.1) is 0 Å². The zero-order chi connectivity index (χ0) is 13.8. The molecular formula is C17H26O2. The minimum absolute atomic E-state index is 0.117. The van der Waals surface area contributed by atoms with Crippen molar-refractivity contribution in [1.82, 2.24) is 0 Å². The van der Waals surface area contributed by atoms with E-state index in [1.54, 1.807) is 6.08 Å². The van der Waals surface area contributed by atoms with Gasteiger partial charge in [-0.2, -0.15) is 0 Å². The molecule has 2 nitrogen and oxygen atoms in total. The van der Waals surface area contributed by atoms with Gasteiger partial charge in [0, 0.05) is 16.9 Å². The van der Waals surface area contributed by atoms with Crippen LogP contribution in [0, 0.1) is 28.6 Å². The molecule has 4 fully saturated rings. The highest BCUT2D eigenvalue weighted by atomic mass is 16.3. The largest absolute Gasteiger partial charge is 0.512 e. The van der Waals surface area contributed by atoms with Gasteiger partial charge in [-0.05, 0) is 56.3 Å². The van der Waals surface area contributed by atoms with Crippen LogP contribution in [0.2, 0.25) is 0 Å². The van der Waals surface area contributed by atoms with E-state index in [0.717, 1.165) is 37.0 Å². The molecule has 4 saturated carbocycles. The number of carbonyl (C=O) groups is 1. The maximum atomic E-state index is 12.7. The fourth-order valence-corrected chi connectivity index (χ4v) is 4.91. The quantitative estimate of drug-likeness (QED) is 0.596. The lowest BCUT2D eigenvalue weighted by Gasteiger charge is -2.55. The van der Waals surface area contributed by atoms with Crippen LogP contribution in [0.3, 0.4) is 0 Å². The minimum Gasteiger partial charge on any atom is -0.512 e. The molecule has 0 heterocycles. The van der Waals surface area contributed by atoms with Crippen molar-refractivity contribution in [3.63, 3.8) is 0 Å². The van der Waals surface area contributed by atoms with E-state index in [-0.39, 0.29) is 22.4 Å². The van der Waals surface area contributed by atoms with E-state index in [1.807, 2.05) is 20.8 Å². The number of carbonyl (C=O) groups excluding carboxylic acids is 1. The molecule has 0 unspecified atom stereocenters. The average Bonchev–Trinajstić information content (AvgIpc) is 2.25. The molecule has 0 spiro atoms. The van der Waals surface area contributed by atoms with Gasteiger partial charge >= 0.3 is 0 Å². The summed E-state index contributed by atoms with van der Waals surface area (Å²) < 4.78 is 0. The fraction of sp³-hybridized carbons (Fsp3) is 0.824. The van der Waals surface area contributed by atoms with E-state index in [0.29, 0.717) is 0 Å². The van der Waals surface area contributed by atoms with Gasteiger partial charge in [-0.1, -0.05) is 20.8 Å². The summed E-state index contributed by atoms with van der Waals surface area (Å²) in [5, 5.41) is 10.1. The highest BCUT2D eigenvalue weighted by Gasteiger charge is 2.53. The molecule has 2 heteroatoms. The van der Waals surface area contributed by atoms with Crippen molar-refractivity contribution in [3.05, 3.63) is 11.8 Å².